The van der Waals surface area contributed by atoms with Crippen molar-refractivity contribution in [1.29, 1.82) is 0 Å². The van der Waals surface area contributed by atoms with Gasteiger partial charge in [0.25, 0.3) is 5.56 Å². The summed E-state index contributed by atoms with van der Waals surface area (Å²) in [6.07, 6.45) is 0.0434. The van der Waals surface area contributed by atoms with Crippen LogP contribution in [0, 0.1) is 0 Å². The van der Waals surface area contributed by atoms with E-state index in [-0.39, 0.29) is 17.9 Å². The summed E-state index contributed by atoms with van der Waals surface area (Å²) in [4.78, 5) is 24.4. The second-order valence-electron chi connectivity index (χ2n) is 6.80. The van der Waals surface area contributed by atoms with Gasteiger partial charge in [-0.1, -0.05) is 18.2 Å². The van der Waals surface area contributed by atoms with Gasteiger partial charge in [-0.15, -0.1) is 0 Å². The molecule has 0 unspecified atom stereocenters. The Morgan fingerprint density at radius 1 is 0.903 bits per heavy atom. The van der Waals surface area contributed by atoms with Gasteiger partial charge in [0.05, 0.1) is 24.1 Å². The number of rotatable bonds is 7. The molecule has 0 radical (unpaired) electrons. The van der Waals surface area contributed by atoms with Gasteiger partial charge < -0.3 is 14.8 Å². The Kier molecular flexibility index (Phi) is 5.93. The lowest BCUT2D eigenvalue weighted by molar-refractivity contribution is -0.115. The maximum Gasteiger partial charge on any atom is 0.272 e. The Bertz CT molecular complexity index is 1250. The van der Waals surface area contributed by atoms with Crippen molar-refractivity contribution in [2.75, 3.05) is 11.9 Å². The number of nitrogens with one attached hydrogen (secondary N) is 2. The first-order valence-electron chi connectivity index (χ1n) is 9.89. The highest BCUT2D eigenvalue weighted by Crippen LogP contribution is 2.25. The predicted molar refractivity (Wildman–Crippen MR) is 119 cm³/mol. The van der Waals surface area contributed by atoms with E-state index in [2.05, 4.69) is 15.5 Å². The van der Waals surface area contributed by atoms with Crippen LogP contribution in [0.25, 0.3) is 10.8 Å². The molecule has 4 rings (SSSR count). The highest BCUT2D eigenvalue weighted by atomic mass is 16.5. The number of fused-ring (bicyclic) bond motifs is 1. The van der Waals surface area contributed by atoms with Crippen molar-refractivity contribution in [2.24, 2.45) is 0 Å². The van der Waals surface area contributed by atoms with Gasteiger partial charge in [-0.2, -0.15) is 5.10 Å². The van der Waals surface area contributed by atoms with Crippen LogP contribution < -0.4 is 20.3 Å². The number of nitrogens with zero attached hydrogens (tertiary/aromatic N) is 1. The lowest BCUT2D eigenvalue weighted by atomic mass is 10.1. The number of amides is 1. The molecule has 0 bridgehead atoms. The average molecular weight is 415 g/mol. The number of H-pyrrole nitrogens is 1. The topological polar surface area (TPSA) is 93.3 Å². The zero-order chi connectivity index (χ0) is 21.6. The highest BCUT2D eigenvalue weighted by molar-refractivity contribution is 5.95. The standard InChI is InChI=1S/C24H21N3O4/c1-2-30-17-11-13-19(14-12-17)31-18-9-7-16(8-10-18)25-23(28)15-22-20-5-3-4-6-21(20)24(29)27-26-22/h3-14H,2,15H2,1H3,(H,25,28)(H,27,29). The van der Waals surface area contributed by atoms with Crippen LogP contribution in [-0.4, -0.2) is 22.7 Å². The van der Waals surface area contributed by atoms with E-state index < -0.39 is 0 Å². The first kappa shape index (κ1) is 20.2. The quantitative estimate of drug-likeness (QED) is 0.470. The molecule has 7 heteroatoms. The van der Waals surface area contributed by atoms with Gasteiger partial charge in [0.15, 0.2) is 0 Å². The molecule has 1 amide bonds. The van der Waals surface area contributed by atoms with Gasteiger partial charge in [-0.25, -0.2) is 5.10 Å². The molecule has 0 aliphatic carbocycles. The smallest absolute Gasteiger partial charge is 0.272 e. The van der Waals surface area contributed by atoms with E-state index in [4.69, 9.17) is 9.47 Å². The van der Waals surface area contributed by atoms with Crippen LogP contribution in [0.2, 0.25) is 0 Å². The number of benzene rings is 3. The molecule has 0 aliphatic rings. The Balaban J connectivity index is 1.39. The minimum absolute atomic E-state index is 0.0434. The monoisotopic (exact) mass is 415 g/mol. The van der Waals surface area contributed by atoms with Crippen LogP contribution in [0.3, 0.4) is 0 Å². The van der Waals surface area contributed by atoms with Gasteiger partial charge in [0.2, 0.25) is 5.91 Å². The Morgan fingerprint density at radius 2 is 1.52 bits per heavy atom. The molecule has 7 nitrogen and oxygen atoms in total. The van der Waals surface area contributed by atoms with E-state index in [0.29, 0.717) is 40.3 Å². The number of hydrogen-bond donors (Lipinski definition) is 2. The lowest BCUT2D eigenvalue weighted by Gasteiger charge is -2.09. The van der Waals surface area contributed by atoms with Crippen LogP contribution in [0.1, 0.15) is 12.6 Å². The Hall–Kier alpha value is -4.13. The maximum absolute atomic E-state index is 12.5. The summed E-state index contributed by atoms with van der Waals surface area (Å²) in [7, 11) is 0. The van der Waals surface area contributed by atoms with Crippen molar-refractivity contribution in [3.63, 3.8) is 0 Å². The Labute approximate surface area is 178 Å². The second kappa shape index (κ2) is 9.13. The van der Waals surface area contributed by atoms with Gasteiger partial charge in [0.1, 0.15) is 17.2 Å². The molecule has 0 saturated carbocycles. The van der Waals surface area contributed by atoms with Crippen molar-refractivity contribution < 1.29 is 14.3 Å². The predicted octanol–water partition coefficient (Wildman–Crippen LogP) is 4.30. The number of aromatic amines is 1. The summed E-state index contributed by atoms with van der Waals surface area (Å²) in [5, 5.41) is 10.5. The van der Waals surface area contributed by atoms with Crippen molar-refractivity contribution >= 4 is 22.4 Å². The van der Waals surface area contributed by atoms with E-state index >= 15 is 0 Å². The fourth-order valence-electron chi connectivity index (χ4n) is 3.18. The third-order valence-corrected chi connectivity index (χ3v) is 4.61. The van der Waals surface area contributed by atoms with Crippen LogP contribution >= 0.6 is 0 Å². The number of ether oxygens (including phenoxy) is 2. The number of carbonyl (C=O) groups excluding carboxylic acids is 1. The molecule has 0 aliphatic heterocycles. The van der Waals surface area contributed by atoms with Gasteiger partial charge in [0, 0.05) is 11.1 Å². The summed E-state index contributed by atoms with van der Waals surface area (Å²) < 4.78 is 11.2. The van der Waals surface area contributed by atoms with Crippen LogP contribution in [0.15, 0.2) is 77.6 Å². The van der Waals surface area contributed by atoms with Gasteiger partial charge in [-0.05, 0) is 61.5 Å². The second-order valence-corrected chi connectivity index (χ2v) is 6.80. The largest absolute Gasteiger partial charge is 0.494 e. The molecule has 2 N–H and O–H groups in total. The molecular formula is C24H21N3O4. The summed E-state index contributed by atoms with van der Waals surface area (Å²) >= 11 is 0. The number of carbonyl (C=O) groups is 1. The summed E-state index contributed by atoms with van der Waals surface area (Å²) in [5.74, 6) is 1.90. The molecule has 3 aromatic carbocycles. The number of aromatic nitrogens is 2. The van der Waals surface area contributed by atoms with E-state index in [1.807, 2.05) is 37.3 Å². The average Bonchev–Trinajstić information content (AvgIpc) is 2.79. The lowest BCUT2D eigenvalue weighted by Crippen LogP contribution is -2.18. The molecular weight excluding hydrogens is 394 g/mol. The highest BCUT2D eigenvalue weighted by Gasteiger charge is 2.11. The third-order valence-electron chi connectivity index (χ3n) is 4.61. The minimum atomic E-state index is -0.275. The van der Waals surface area contributed by atoms with E-state index in [0.717, 1.165) is 5.75 Å². The molecule has 0 saturated heterocycles. The fourth-order valence-corrected chi connectivity index (χ4v) is 3.18. The van der Waals surface area contributed by atoms with Crippen molar-refractivity contribution in [2.45, 2.75) is 13.3 Å². The van der Waals surface area contributed by atoms with Crippen molar-refractivity contribution in [1.82, 2.24) is 10.2 Å². The van der Waals surface area contributed by atoms with E-state index in [9.17, 15) is 9.59 Å². The SMILES string of the molecule is CCOc1ccc(Oc2ccc(NC(=O)Cc3n[nH]c(=O)c4ccccc34)cc2)cc1. The third kappa shape index (κ3) is 4.90. The molecule has 0 atom stereocenters. The van der Waals surface area contributed by atoms with Crippen LogP contribution in [0.5, 0.6) is 17.2 Å². The first-order chi connectivity index (χ1) is 15.1. The number of hydrogen-bond acceptors (Lipinski definition) is 5. The fraction of sp³-hybridized carbons (Fsp3) is 0.125. The minimum Gasteiger partial charge on any atom is -0.494 e. The van der Waals surface area contributed by atoms with Crippen molar-refractivity contribution in [3.05, 3.63) is 88.8 Å². The molecule has 0 spiro atoms. The van der Waals surface area contributed by atoms with Crippen LogP contribution in [-0.2, 0) is 11.2 Å². The van der Waals surface area contributed by atoms with Gasteiger partial charge in [-0.3, -0.25) is 9.59 Å². The zero-order valence-electron chi connectivity index (χ0n) is 16.9. The maximum atomic E-state index is 12.5. The normalized spacial score (nSPS) is 10.6. The zero-order valence-corrected chi connectivity index (χ0v) is 16.9. The molecule has 0 fully saturated rings. The molecule has 31 heavy (non-hydrogen) atoms. The number of anilines is 1. The summed E-state index contributed by atoms with van der Waals surface area (Å²) in [6.45, 7) is 2.55. The summed E-state index contributed by atoms with van der Waals surface area (Å²) in [6, 6.07) is 21.5. The Morgan fingerprint density at radius 3 is 2.19 bits per heavy atom. The van der Waals surface area contributed by atoms with Crippen LogP contribution in [0.4, 0.5) is 5.69 Å². The molecule has 1 aromatic heterocycles. The van der Waals surface area contributed by atoms with Crippen molar-refractivity contribution in [3.8, 4) is 17.2 Å². The summed E-state index contributed by atoms with van der Waals surface area (Å²) in [5.41, 5.74) is 0.879. The molecule has 1 heterocycles. The first-order valence-corrected chi connectivity index (χ1v) is 9.89. The van der Waals surface area contributed by atoms with E-state index in [1.54, 1.807) is 42.5 Å². The van der Waals surface area contributed by atoms with Gasteiger partial charge >= 0.3 is 0 Å². The van der Waals surface area contributed by atoms with E-state index in [1.165, 1.54) is 0 Å². The molecule has 156 valence electrons. The molecule has 4 aromatic rings.